The zero-order valence-corrected chi connectivity index (χ0v) is 16.0. The lowest BCUT2D eigenvalue weighted by Crippen LogP contribution is -2.41. The van der Waals surface area contributed by atoms with Gasteiger partial charge in [0.15, 0.2) is 11.5 Å². The number of amides is 1. The van der Waals surface area contributed by atoms with Gasteiger partial charge in [-0.1, -0.05) is 38.9 Å². The van der Waals surface area contributed by atoms with E-state index in [-0.39, 0.29) is 28.6 Å². The first-order chi connectivity index (χ1) is 12.1. The summed E-state index contributed by atoms with van der Waals surface area (Å²) in [5.74, 6) is 0.502. The fourth-order valence-corrected chi connectivity index (χ4v) is 4.36. The smallest absolute Gasteiger partial charge is 0.259 e. The number of rotatable bonds is 2. The molecule has 138 valence electrons. The van der Waals surface area contributed by atoms with Crippen LogP contribution in [0.5, 0.6) is 0 Å². The van der Waals surface area contributed by atoms with Crippen LogP contribution in [0.3, 0.4) is 0 Å². The predicted octanol–water partition coefficient (Wildman–Crippen LogP) is 3.39. The lowest BCUT2D eigenvalue weighted by Gasteiger charge is -2.38. The molecule has 0 saturated carbocycles. The van der Waals surface area contributed by atoms with E-state index in [9.17, 15) is 14.9 Å². The molecule has 1 atom stereocenters. The molecule has 26 heavy (non-hydrogen) atoms. The number of allylic oxidation sites excluding steroid dienone is 1. The van der Waals surface area contributed by atoms with Crippen LogP contribution in [-0.4, -0.2) is 34.8 Å². The molecule has 2 heterocycles. The van der Waals surface area contributed by atoms with Crippen molar-refractivity contribution in [3.63, 3.8) is 0 Å². The van der Waals surface area contributed by atoms with Crippen LogP contribution in [0.25, 0.3) is 0 Å². The van der Waals surface area contributed by atoms with Crippen molar-refractivity contribution in [2.24, 2.45) is 10.8 Å². The summed E-state index contributed by atoms with van der Waals surface area (Å²) in [4.78, 5) is 27.3. The molecule has 0 unspecified atom stereocenters. The van der Waals surface area contributed by atoms with Crippen molar-refractivity contribution in [1.29, 1.82) is 5.26 Å². The van der Waals surface area contributed by atoms with Crippen molar-refractivity contribution >= 4 is 11.7 Å². The molecule has 0 bridgehead atoms. The van der Waals surface area contributed by atoms with Crippen molar-refractivity contribution in [2.75, 3.05) is 13.1 Å². The summed E-state index contributed by atoms with van der Waals surface area (Å²) in [6.07, 6.45) is 3.20. The molecular weight excluding hydrogens is 330 g/mol. The van der Waals surface area contributed by atoms with Crippen molar-refractivity contribution < 1.29 is 14.1 Å². The molecule has 1 aromatic heterocycles. The number of hydrogen-bond acceptors (Lipinski definition) is 5. The summed E-state index contributed by atoms with van der Waals surface area (Å²) in [5.41, 5.74) is 0.468. The zero-order valence-electron chi connectivity index (χ0n) is 16.0. The van der Waals surface area contributed by atoms with Gasteiger partial charge in [0.05, 0.1) is 11.3 Å². The standard InChI is InChI=1S/C20H25N3O3/c1-12(2)16-15(13(3)22-26-16)18(25)23-7-6-20(11-23)8-14(9-21)17(24)19(4,5)10-20/h8,12H,6-7,10-11H2,1-5H3/t20-/m1/s1. The number of nitriles is 1. The summed E-state index contributed by atoms with van der Waals surface area (Å²) in [6.45, 7) is 10.6. The molecule has 0 aromatic carbocycles. The minimum Gasteiger partial charge on any atom is -0.360 e. The minimum absolute atomic E-state index is 0.0723. The summed E-state index contributed by atoms with van der Waals surface area (Å²) in [7, 11) is 0. The van der Waals surface area contributed by atoms with Crippen LogP contribution in [0.15, 0.2) is 16.2 Å². The van der Waals surface area contributed by atoms with E-state index in [2.05, 4.69) is 5.16 Å². The Kier molecular flexibility index (Phi) is 4.30. The van der Waals surface area contributed by atoms with Crippen molar-refractivity contribution in [2.45, 2.75) is 53.4 Å². The maximum absolute atomic E-state index is 13.1. The first kappa shape index (κ1) is 18.4. The Labute approximate surface area is 153 Å². The first-order valence-electron chi connectivity index (χ1n) is 9.03. The fraction of sp³-hybridized carbons (Fsp3) is 0.600. The molecule has 1 amide bonds. The number of nitrogens with zero attached hydrogens (tertiary/aromatic N) is 3. The van der Waals surface area contributed by atoms with E-state index in [1.54, 1.807) is 13.0 Å². The van der Waals surface area contributed by atoms with Gasteiger partial charge in [0, 0.05) is 29.8 Å². The molecule has 2 aliphatic rings. The normalized spacial score (nSPS) is 24.9. The molecule has 0 N–H and O–H groups in total. The maximum Gasteiger partial charge on any atom is 0.259 e. The number of hydrogen-bond donors (Lipinski definition) is 0. The SMILES string of the molecule is Cc1noc(C(C)C)c1C(=O)N1CC[C@]2(C=C(C#N)C(=O)C(C)(C)C2)C1. The average molecular weight is 355 g/mol. The summed E-state index contributed by atoms with van der Waals surface area (Å²) in [6, 6.07) is 2.05. The van der Waals surface area contributed by atoms with Crippen molar-refractivity contribution in [1.82, 2.24) is 10.1 Å². The molecule has 6 heteroatoms. The van der Waals surface area contributed by atoms with E-state index >= 15 is 0 Å². The molecule has 1 saturated heterocycles. The second-order valence-electron chi connectivity index (χ2n) is 8.56. The van der Waals surface area contributed by atoms with Gasteiger partial charge in [-0.15, -0.1) is 0 Å². The molecule has 1 spiro atoms. The summed E-state index contributed by atoms with van der Waals surface area (Å²) >= 11 is 0. The van der Waals surface area contributed by atoms with Gasteiger partial charge >= 0.3 is 0 Å². The van der Waals surface area contributed by atoms with Gasteiger partial charge in [-0.25, -0.2) is 0 Å². The number of Topliss-reactive ketones (excluding diaryl/α,β-unsaturated/α-hetero) is 1. The highest BCUT2D eigenvalue weighted by Gasteiger charge is 2.49. The third-order valence-electron chi connectivity index (χ3n) is 5.52. The summed E-state index contributed by atoms with van der Waals surface area (Å²) < 4.78 is 5.36. The van der Waals surface area contributed by atoms with E-state index in [0.717, 1.165) is 6.42 Å². The van der Waals surface area contributed by atoms with E-state index in [0.29, 0.717) is 36.5 Å². The Morgan fingerprint density at radius 3 is 2.73 bits per heavy atom. The van der Waals surface area contributed by atoms with Crippen LogP contribution in [0.2, 0.25) is 0 Å². The summed E-state index contributed by atoms with van der Waals surface area (Å²) in [5, 5.41) is 13.3. The van der Waals surface area contributed by atoms with Crippen molar-refractivity contribution in [3.8, 4) is 6.07 Å². The number of likely N-dealkylation sites (tertiary alicyclic amines) is 1. The number of ketones is 1. The second-order valence-corrected chi connectivity index (χ2v) is 8.56. The van der Waals surface area contributed by atoms with Gasteiger partial charge < -0.3 is 9.42 Å². The second kappa shape index (κ2) is 6.08. The predicted molar refractivity (Wildman–Crippen MR) is 95.4 cm³/mol. The third-order valence-corrected chi connectivity index (χ3v) is 5.52. The Morgan fingerprint density at radius 1 is 1.42 bits per heavy atom. The van der Waals surface area contributed by atoms with E-state index in [1.165, 1.54) is 0 Å². The zero-order chi connectivity index (χ0) is 19.3. The lowest BCUT2D eigenvalue weighted by atomic mass is 9.64. The van der Waals surface area contributed by atoms with Crippen LogP contribution >= 0.6 is 0 Å². The van der Waals surface area contributed by atoms with Crippen LogP contribution in [0.1, 0.15) is 68.3 Å². The monoisotopic (exact) mass is 355 g/mol. The molecular formula is C20H25N3O3. The van der Waals surface area contributed by atoms with Crippen LogP contribution in [-0.2, 0) is 4.79 Å². The van der Waals surface area contributed by atoms with Gasteiger partial charge in [-0.05, 0) is 19.8 Å². The number of aryl methyl sites for hydroxylation is 1. The average Bonchev–Trinajstić information content (AvgIpc) is 3.14. The van der Waals surface area contributed by atoms with E-state index < -0.39 is 5.41 Å². The van der Waals surface area contributed by atoms with Gasteiger partial charge in [0.25, 0.3) is 5.91 Å². The van der Waals surface area contributed by atoms with Gasteiger partial charge in [-0.2, -0.15) is 5.26 Å². The number of aromatic nitrogens is 1. The van der Waals surface area contributed by atoms with Crippen LogP contribution < -0.4 is 0 Å². The van der Waals surface area contributed by atoms with Crippen LogP contribution in [0, 0.1) is 29.1 Å². The van der Waals surface area contributed by atoms with Crippen molar-refractivity contribution in [3.05, 3.63) is 28.7 Å². The largest absolute Gasteiger partial charge is 0.360 e. The van der Waals surface area contributed by atoms with Gasteiger partial charge in [0.1, 0.15) is 11.6 Å². The van der Waals surface area contributed by atoms with Gasteiger partial charge in [0.2, 0.25) is 0 Å². The maximum atomic E-state index is 13.1. The molecule has 1 aliphatic carbocycles. The first-order valence-corrected chi connectivity index (χ1v) is 9.03. The Morgan fingerprint density at radius 2 is 2.12 bits per heavy atom. The molecule has 3 rings (SSSR count). The van der Waals surface area contributed by atoms with Crippen LogP contribution in [0.4, 0.5) is 0 Å². The topological polar surface area (TPSA) is 87.2 Å². The molecule has 6 nitrogen and oxygen atoms in total. The quantitative estimate of drug-likeness (QED) is 0.811. The molecule has 0 radical (unpaired) electrons. The highest BCUT2D eigenvalue weighted by atomic mass is 16.5. The molecule has 1 aliphatic heterocycles. The lowest BCUT2D eigenvalue weighted by molar-refractivity contribution is -0.125. The fourth-order valence-electron chi connectivity index (χ4n) is 4.36. The van der Waals surface area contributed by atoms with Gasteiger partial charge in [-0.3, -0.25) is 9.59 Å². The van der Waals surface area contributed by atoms with E-state index in [1.807, 2.05) is 38.7 Å². The minimum atomic E-state index is -0.588. The Hall–Kier alpha value is -2.42. The number of carbonyl (C=O) groups excluding carboxylic acids is 2. The van der Waals surface area contributed by atoms with E-state index in [4.69, 9.17) is 4.52 Å². The highest BCUT2D eigenvalue weighted by Crippen LogP contribution is 2.48. The Balaban J connectivity index is 1.91. The molecule has 1 fully saturated rings. The Bertz CT molecular complexity index is 841. The molecule has 1 aromatic rings. The number of carbonyl (C=O) groups is 2. The third kappa shape index (κ3) is 2.86. The highest BCUT2D eigenvalue weighted by molar-refractivity contribution is 6.04.